The van der Waals surface area contributed by atoms with Crippen LogP contribution in [-0.4, -0.2) is 25.9 Å². The van der Waals surface area contributed by atoms with E-state index in [1.165, 1.54) is 5.56 Å². The summed E-state index contributed by atoms with van der Waals surface area (Å²) in [6.07, 6.45) is 0. The molecule has 1 aromatic heterocycles. The topological polar surface area (TPSA) is 43.6 Å². The van der Waals surface area contributed by atoms with Crippen molar-refractivity contribution < 1.29 is 13.9 Å². The van der Waals surface area contributed by atoms with Gasteiger partial charge in [0.15, 0.2) is 0 Å². The van der Waals surface area contributed by atoms with E-state index in [9.17, 15) is 0 Å². The second-order valence-electron chi connectivity index (χ2n) is 5.88. The lowest BCUT2D eigenvalue weighted by molar-refractivity contribution is 0.0261. The van der Waals surface area contributed by atoms with Crippen molar-refractivity contribution in [1.82, 2.24) is 5.32 Å². The SMILES string of the molecule is Cc1cc(COCCOCC(C)C)oc1CNC(C)C. The molecular formula is C16H29NO3. The molecule has 0 unspecified atom stereocenters. The van der Waals surface area contributed by atoms with Gasteiger partial charge in [0.25, 0.3) is 0 Å². The number of aryl methyl sites for hydroxylation is 1. The number of nitrogens with one attached hydrogen (secondary N) is 1. The van der Waals surface area contributed by atoms with Crippen LogP contribution in [0.2, 0.25) is 0 Å². The quantitative estimate of drug-likeness (QED) is 0.669. The molecule has 0 saturated carbocycles. The van der Waals surface area contributed by atoms with Gasteiger partial charge in [0.1, 0.15) is 18.1 Å². The fraction of sp³-hybridized carbons (Fsp3) is 0.750. The van der Waals surface area contributed by atoms with Crippen LogP contribution < -0.4 is 5.32 Å². The zero-order valence-corrected chi connectivity index (χ0v) is 13.5. The van der Waals surface area contributed by atoms with Crippen LogP contribution in [0.1, 0.15) is 44.8 Å². The van der Waals surface area contributed by atoms with Gasteiger partial charge in [-0.1, -0.05) is 27.7 Å². The second-order valence-corrected chi connectivity index (χ2v) is 5.88. The van der Waals surface area contributed by atoms with Crippen LogP contribution >= 0.6 is 0 Å². The zero-order valence-electron chi connectivity index (χ0n) is 13.5. The predicted molar refractivity (Wildman–Crippen MR) is 80.7 cm³/mol. The van der Waals surface area contributed by atoms with Gasteiger partial charge < -0.3 is 19.2 Å². The fourth-order valence-electron chi connectivity index (χ4n) is 1.74. The van der Waals surface area contributed by atoms with Gasteiger partial charge >= 0.3 is 0 Å². The van der Waals surface area contributed by atoms with E-state index in [2.05, 4.69) is 39.9 Å². The minimum Gasteiger partial charge on any atom is -0.462 e. The Morgan fingerprint density at radius 2 is 1.85 bits per heavy atom. The molecule has 20 heavy (non-hydrogen) atoms. The van der Waals surface area contributed by atoms with Crippen LogP contribution in [0.4, 0.5) is 0 Å². The van der Waals surface area contributed by atoms with E-state index in [4.69, 9.17) is 13.9 Å². The molecule has 1 rings (SSSR count). The van der Waals surface area contributed by atoms with Gasteiger partial charge in [0.05, 0.1) is 19.8 Å². The van der Waals surface area contributed by atoms with Crippen LogP contribution in [0.25, 0.3) is 0 Å². The summed E-state index contributed by atoms with van der Waals surface area (Å²) in [5.74, 6) is 2.44. The second kappa shape index (κ2) is 9.16. The zero-order chi connectivity index (χ0) is 15.0. The highest BCUT2D eigenvalue weighted by Crippen LogP contribution is 2.15. The molecule has 0 fully saturated rings. The molecule has 0 aliphatic carbocycles. The molecule has 1 heterocycles. The fourth-order valence-corrected chi connectivity index (χ4v) is 1.74. The average Bonchev–Trinajstić information content (AvgIpc) is 2.71. The third-order valence-electron chi connectivity index (χ3n) is 2.81. The van der Waals surface area contributed by atoms with Gasteiger partial charge in [-0.25, -0.2) is 0 Å². The number of ether oxygens (including phenoxy) is 2. The molecule has 0 aliphatic heterocycles. The van der Waals surface area contributed by atoms with Crippen LogP contribution in [0, 0.1) is 12.8 Å². The molecular weight excluding hydrogens is 254 g/mol. The largest absolute Gasteiger partial charge is 0.462 e. The maximum atomic E-state index is 5.78. The Morgan fingerprint density at radius 3 is 2.50 bits per heavy atom. The Hall–Kier alpha value is -0.840. The molecule has 0 aliphatic rings. The summed E-state index contributed by atoms with van der Waals surface area (Å²) in [5.41, 5.74) is 1.17. The molecule has 4 nitrogen and oxygen atoms in total. The molecule has 0 aromatic carbocycles. The predicted octanol–water partition coefficient (Wildman–Crippen LogP) is 3.28. The van der Waals surface area contributed by atoms with Crippen LogP contribution in [0.5, 0.6) is 0 Å². The summed E-state index contributed by atoms with van der Waals surface area (Å²) in [7, 11) is 0. The van der Waals surface area contributed by atoms with Gasteiger partial charge in [0.2, 0.25) is 0 Å². The van der Waals surface area contributed by atoms with Gasteiger partial charge in [-0.15, -0.1) is 0 Å². The molecule has 0 bridgehead atoms. The maximum Gasteiger partial charge on any atom is 0.130 e. The van der Waals surface area contributed by atoms with Gasteiger partial charge in [-0.05, 0) is 24.5 Å². The first-order chi connectivity index (χ1) is 9.49. The Kier molecular flexibility index (Phi) is 7.88. The first-order valence-corrected chi connectivity index (χ1v) is 7.46. The molecule has 0 radical (unpaired) electrons. The van der Waals surface area contributed by atoms with Crippen LogP contribution in [0.15, 0.2) is 10.5 Å². The van der Waals surface area contributed by atoms with Gasteiger partial charge in [0, 0.05) is 12.6 Å². The maximum absolute atomic E-state index is 5.78. The molecule has 0 atom stereocenters. The molecule has 0 spiro atoms. The van der Waals surface area contributed by atoms with Gasteiger partial charge in [-0.2, -0.15) is 0 Å². The van der Waals surface area contributed by atoms with Crippen molar-refractivity contribution >= 4 is 0 Å². The molecule has 1 aromatic rings. The van der Waals surface area contributed by atoms with Crippen molar-refractivity contribution in [3.8, 4) is 0 Å². The van der Waals surface area contributed by atoms with Crippen molar-refractivity contribution in [2.75, 3.05) is 19.8 Å². The van der Waals surface area contributed by atoms with Crippen LogP contribution in [-0.2, 0) is 22.6 Å². The molecule has 116 valence electrons. The van der Waals surface area contributed by atoms with Crippen molar-refractivity contribution in [2.24, 2.45) is 5.92 Å². The highest BCUT2D eigenvalue weighted by atomic mass is 16.5. The molecule has 4 heteroatoms. The minimum absolute atomic E-state index is 0.456. The van der Waals surface area contributed by atoms with Crippen molar-refractivity contribution in [1.29, 1.82) is 0 Å². The monoisotopic (exact) mass is 283 g/mol. The Morgan fingerprint density at radius 1 is 1.15 bits per heavy atom. The van der Waals surface area contributed by atoms with E-state index in [0.717, 1.165) is 24.7 Å². The lowest BCUT2D eigenvalue weighted by atomic mass is 10.2. The summed E-state index contributed by atoms with van der Waals surface area (Å²) < 4.78 is 16.8. The van der Waals surface area contributed by atoms with E-state index < -0.39 is 0 Å². The van der Waals surface area contributed by atoms with Crippen molar-refractivity contribution in [3.05, 3.63) is 23.2 Å². The number of furan rings is 1. The normalized spacial score (nSPS) is 11.8. The third-order valence-corrected chi connectivity index (χ3v) is 2.81. The first-order valence-electron chi connectivity index (χ1n) is 7.46. The minimum atomic E-state index is 0.456. The van der Waals surface area contributed by atoms with Crippen LogP contribution in [0.3, 0.4) is 0 Å². The Labute approximate surface area is 122 Å². The van der Waals surface area contributed by atoms with Crippen molar-refractivity contribution in [3.63, 3.8) is 0 Å². The summed E-state index contributed by atoms with van der Waals surface area (Å²) in [6.45, 7) is 13.9. The highest BCUT2D eigenvalue weighted by Gasteiger charge is 2.08. The summed E-state index contributed by atoms with van der Waals surface area (Å²) in [5, 5.41) is 3.36. The first kappa shape index (κ1) is 17.2. The average molecular weight is 283 g/mol. The molecule has 1 N–H and O–H groups in total. The van der Waals surface area contributed by atoms with E-state index in [0.29, 0.717) is 31.8 Å². The summed E-state index contributed by atoms with van der Waals surface area (Å²) in [6, 6.07) is 2.50. The molecule has 0 amide bonds. The Balaban J connectivity index is 2.22. The standard InChI is InChI=1S/C16H29NO3/c1-12(2)10-18-6-7-19-11-15-8-14(5)16(20-15)9-17-13(3)4/h8,12-13,17H,6-7,9-11H2,1-5H3. The lowest BCUT2D eigenvalue weighted by Gasteiger charge is -2.07. The summed E-state index contributed by atoms with van der Waals surface area (Å²) >= 11 is 0. The Bertz CT molecular complexity index is 372. The number of hydrogen-bond acceptors (Lipinski definition) is 4. The highest BCUT2D eigenvalue weighted by molar-refractivity contribution is 5.19. The van der Waals surface area contributed by atoms with E-state index in [1.54, 1.807) is 0 Å². The number of rotatable bonds is 10. The van der Waals surface area contributed by atoms with E-state index in [-0.39, 0.29) is 0 Å². The van der Waals surface area contributed by atoms with Gasteiger partial charge in [-0.3, -0.25) is 0 Å². The van der Waals surface area contributed by atoms with E-state index >= 15 is 0 Å². The molecule has 0 saturated heterocycles. The smallest absolute Gasteiger partial charge is 0.130 e. The lowest BCUT2D eigenvalue weighted by Crippen LogP contribution is -2.21. The number of hydrogen-bond donors (Lipinski definition) is 1. The summed E-state index contributed by atoms with van der Waals surface area (Å²) in [4.78, 5) is 0. The van der Waals surface area contributed by atoms with E-state index in [1.807, 2.05) is 6.07 Å². The third kappa shape index (κ3) is 7.08. The van der Waals surface area contributed by atoms with Crippen molar-refractivity contribution in [2.45, 2.75) is 53.8 Å².